The molecule has 0 saturated heterocycles. The second kappa shape index (κ2) is 15.2. The Morgan fingerprint density at radius 1 is 0.632 bits per heavy atom. The third-order valence-corrected chi connectivity index (χ3v) is 8.30. The van der Waals surface area contributed by atoms with Gasteiger partial charge in [-0.1, -0.05) is 63.1 Å². The SMILES string of the molecule is CC1=[C-]C(C)C(C)=C1C.Cl.Cl.[Zr+2]=[C](c1ccccc1)c1ccccc1.c1ccc2c(c1)[cH-]c1ccccc12. The molecular weight excluding hydrogens is 583 g/mol. The van der Waals surface area contributed by atoms with Gasteiger partial charge in [0.25, 0.3) is 0 Å². The van der Waals surface area contributed by atoms with Crippen LogP contribution in [0.1, 0.15) is 38.8 Å². The van der Waals surface area contributed by atoms with Gasteiger partial charge < -0.3 is 0 Å². The summed E-state index contributed by atoms with van der Waals surface area (Å²) in [5.41, 5.74) is 6.91. The molecular formula is C35H34Cl2Zr. The Hall–Kier alpha value is -2.44. The van der Waals surface area contributed by atoms with Crippen LogP contribution in [-0.4, -0.2) is 3.21 Å². The van der Waals surface area contributed by atoms with Crippen LogP contribution in [-0.2, 0) is 24.2 Å². The van der Waals surface area contributed by atoms with E-state index in [0.717, 1.165) is 0 Å². The third kappa shape index (κ3) is 7.80. The van der Waals surface area contributed by atoms with Crippen molar-refractivity contribution < 1.29 is 24.2 Å². The molecule has 0 fully saturated rings. The number of allylic oxidation sites excluding steroid dienone is 4. The van der Waals surface area contributed by atoms with Gasteiger partial charge in [-0.2, -0.15) is 11.1 Å². The van der Waals surface area contributed by atoms with Crippen LogP contribution < -0.4 is 0 Å². The summed E-state index contributed by atoms with van der Waals surface area (Å²) in [5.74, 6) is 0.560. The van der Waals surface area contributed by atoms with Crippen molar-refractivity contribution in [3.8, 4) is 0 Å². The molecule has 0 aliphatic heterocycles. The first-order chi connectivity index (χ1) is 17.5. The molecule has 0 heterocycles. The number of benzene rings is 4. The minimum atomic E-state index is 0. The second-order valence-electron chi connectivity index (χ2n) is 9.22. The molecule has 0 N–H and O–H groups in total. The fraction of sp³-hybridized carbons (Fsp3) is 0.143. The van der Waals surface area contributed by atoms with Crippen molar-refractivity contribution in [3.63, 3.8) is 0 Å². The molecule has 0 aromatic heterocycles. The van der Waals surface area contributed by atoms with Gasteiger partial charge in [0.15, 0.2) is 0 Å². The fourth-order valence-corrected chi connectivity index (χ4v) is 5.26. The molecule has 1 unspecified atom stereocenters. The molecule has 0 nitrogen and oxygen atoms in total. The topological polar surface area (TPSA) is 0 Å². The molecule has 5 aromatic rings. The first-order valence-corrected chi connectivity index (χ1v) is 13.7. The van der Waals surface area contributed by atoms with Gasteiger partial charge in [0.2, 0.25) is 0 Å². The Morgan fingerprint density at radius 3 is 1.37 bits per heavy atom. The number of hydrogen-bond donors (Lipinski definition) is 0. The zero-order chi connectivity index (χ0) is 25.5. The average Bonchev–Trinajstić information content (AvgIpc) is 3.42. The average molecular weight is 617 g/mol. The predicted molar refractivity (Wildman–Crippen MR) is 168 cm³/mol. The van der Waals surface area contributed by atoms with E-state index in [1.165, 1.54) is 76.8 Å². The van der Waals surface area contributed by atoms with Gasteiger partial charge in [-0.05, 0) is 0 Å². The van der Waals surface area contributed by atoms with Crippen LogP contribution in [0, 0.1) is 12.0 Å². The van der Waals surface area contributed by atoms with Gasteiger partial charge in [0.1, 0.15) is 0 Å². The van der Waals surface area contributed by atoms with Crippen LogP contribution in [0.25, 0.3) is 21.5 Å². The van der Waals surface area contributed by atoms with Crippen molar-refractivity contribution in [1.29, 1.82) is 0 Å². The van der Waals surface area contributed by atoms with Crippen LogP contribution in [0.15, 0.2) is 132 Å². The van der Waals surface area contributed by atoms with Crippen LogP contribution in [0.5, 0.6) is 0 Å². The van der Waals surface area contributed by atoms with E-state index in [4.69, 9.17) is 0 Å². The summed E-state index contributed by atoms with van der Waals surface area (Å²) in [4.78, 5) is 0. The standard InChI is InChI=1S/C13H9.C13H10.C9H13.2ClH.Zr/c1-3-7-12-10(5-1)9-11-6-2-4-8-13(11)12;1-3-7-12(8-4-1)11-13-9-5-2-6-10-13;1-6-5-7(2)9(4)8(6)3;;;/h1-9H;1-10H;6H,1-4H3;2*1H;/q-1;;-1;;;+2. The first-order valence-electron chi connectivity index (χ1n) is 12.5. The van der Waals surface area contributed by atoms with Crippen LogP contribution in [0.2, 0.25) is 0 Å². The zero-order valence-corrected chi connectivity index (χ0v) is 26.5. The summed E-state index contributed by atoms with van der Waals surface area (Å²) in [6.45, 7) is 8.67. The summed E-state index contributed by atoms with van der Waals surface area (Å²) in [6, 6.07) is 40.4. The number of rotatable bonds is 2. The molecule has 3 heteroatoms. The molecule has 192 valence electrons. The molecule has 0 bridgehead atoms. The Labute approximate surface area is 255 Å². The van der Waals surface area contributed by atoms with E-state index >= 15 is 0 Å². The summed E-state index contributed by atoms with van der Waals surface area (Å²) in [5, 5.41) is 5.39. The maximum Gasteiger partial charge on any atom is -0.0771 e. The van der Waals surface area contributed by atoms with Crippen molar-refractivity contribution in [2.45, 2.75) is 27.7 Å². The number of halogens is 2. The van der Waals surface area contributed by atoms with Gasteiger partial charge >= 0.3 is 99.2 Å². The molecule has 0 saturated carbocycles. The monoisotopic (exact) mass is 614 g/mol. The van der Waals surface area contributed by atoms with E-state index in [2.05, 4.69) is 149 Å². The van der Waals surface area contributed by atoms with E-state index in [1.54, 1.807) is 0 Å². The zero-order valence-electron chi connectivity index (χ0n) is 22.4. The minimum Gasteiger partial charge on any atom is -0.126 e. The van der Waals surface area contributed by atoms with Gasteiger partial charge in [0, 0.05) is 0 Å². The van der Waals surface area contributed by atoms with Crippen LogP contribution in [0.4, 0.5) is 0 Å². The van der Waals surface area contributed by atoms with Gasteiger partial charge in [0.05, 0.1) is 0 Å². The summed E-state index contributed by atoms with van der Waals surface area (Å²) in [7, 11) is 0. The fourth-order valence-electron chi connectivity index (χ4n) is 4.44. The van der Waals surface area contributed by atoms with Crippen molar-refractivity contribution in [1.82, 2.24) is 0 Å². The number of hydrogen-bond acceptors (Lipinski definition) is 0. The molecule has 0 radical (unpaired) electrons. The van der Waals surface area contributed by atoms with E-state index in [9.17, 15) is 0 Å². The second-order valence-corrected chi connectivity index (χ2v) is 10.5. The van der Waals surface area contributed by atoms with E-state index in [-0.39, 0.29) is 24.8 Å². The number of fused-ring (bicyclic) bond motifs is 3. The van der Waals surface area contributed by atoms with Crippen molar-refractivity contribution in [2.24, 2.45) is 5.92 Å². The Balaban J connectivity index is 0.000000200. The normalized spacial score (nSPS) is 13.8. The van der Waals surface area contributed by atoms with Gasteiger partial charge in [-0.15, -0.1) is 71.5 Å². The molecule has 1 atom stereocenters. The third-order valence-electron chi connectivity index (χ3n) is 6.88. The largest absolute Gasteiger partial charge is 0.126 e. The smallest absolute Gasteiger partial charge is 0.0771 e. The van der Waals surface area contributed by atoms with Crippen molar-refractivity contribution in [3.05, 3.63) is 149 Å². The molecule has 0 amide bonds. The quantitative estimate of drug-likeness (QED) is 0.173. The summed E-state index contributed by atoms with van der Waals surface area (Å²) >= 11 is 1.46. The molecule has 6 rings (SSSR count). The minimum absolute atomic E-state index is 0. The molecule has 1 aliphatic carbocycles. The Bertz CT molecular complexity index is 1430. The Kier molecular flexibility index (Phi) is 12.7. The van der Waals surface area contributed by atoms with Gasteiger partial charge in [-0.25, -0.2) is 5.57 Å². The molecule has 5 aromatic carbocycles. The van der Waals surface area contributed by atoms with E-state index in [0.29, 0.717) is 5.92 Å². The van der Waals surface area contributed by atoms with E-state index in [1.807, 2.05) is 0 Å². The maximum atomic E-state index is 3.36. The van der Waals surface area contributed by atoms with E-state index < -0.39 is 0 Å². The first kappa shape index (κ1) is 31.8. The van der Waals surface area contributed by atoms with Crippen LogP contribution in [0.3, 0.4) is 0 Å². The molecule has 1 aliphatic rings. The summed E-state index contributed by atoms with van der Waals surface area (Å²) < 4.78 is 1.42. The molecule has 38 heavy (non-hydrogen) atoms. The van der Waals surface area contributed by atoms with Crippen LogP contribution >= 0.6 is 24.8 Å². The van der Waals surface area contributed by atoms with Gasteiger partial charge in [-0.3, -0.25) is 6.08 Å². The maximum absolute atomic E-state index is 3.36. The Morgan fingerprint density at radius 2 is 1.03 bits per heavy atom. The predicted octanol–water partition coefficient (Wildman–Crippen LogP) is 10.1. The van der Waals surface area contributed by atoms with Crippen molar-refractivity contribution >= 4 is 49.6 Å². The molecule has 0 spiro atoms. The van der Waals surface area contributed by atoms with Crippen molar-refractivity contribution in [2.75, 3.05) is 0 Å². The summed E-state index contributed by atoms with van der Waals surface area (Å²) in [6.07, 6.45) is 3.36.